The first-order valence-electron chi connectivity index (χ1n) is 9.64. The van der Waals surface area contributed by atoms with Crippen molar-refractivity contribution in [3.8, 4) is 5.75 Å². The number of hydrogen-bond donors (Lipinski definition) is 2. The monoisotopic (exact) mass is 506 g/mol. The summed E-state index contributed by atoms with van der Waals surface area (Å²) in [5.74, 6) is -0.835. The fourth-order valence-corrected chi connectivity index (χ4v) is 4.48. The summed E-state index contributed by atoms with van der Waals surface area (Å²) >= 11 is 13.1. The molecule has 2 aromatic carbocycles. The van der Waals surface area contributed by atoms with E-state index >= 15 is 0 Å². The van der Waals surface area contributed by atoms with Gasteiger partial charge in [0.25, 0.3) is 5.91 Å². The molecule has 1 aromatic heterocycles. The summed E-state index contributed by atoms with van der Waals surface area (Å²) in [6, 6.07) is 11.7. The molecular formula is C23H20Cl2N2O5S. The van der Waals surface area contributed by atoms with E-state index in [0.29, 0.717) is 27.0 Å². The van der Waals surface area contributed by atoms with Gasteiger partial charge in [-0.05, 0) is 48.4 Å². The van der Waals surface area contributed by atoms with Crippen molar-refractivity contribution in [2.24, 2.45) is 0 Å². The van der Waals surface area contributed by atoms with E-state index in [1.807, 2.05) is 0 Å². The van der Waals surface area contributed by atoms with Gasteiger partial charge in [-0.25, -0.2) is 4.79 Å². The highest BCUT2D eigenvalue weighted by Crippen LogP contribution is 2.35. The summed E-state index contributed by atoms with van der Waals surface area (Å²) < 4.78 is 9.98. The molecule has 1 heterocycles. The van der Waals surface area contributed by atoms with Crippen LogP contribution in [0.1, 0.15) is 31.2 Å². The quantitative estimate of drug-likeness (QED) is 0.407. The molecule has 0 spiro atoms. The maximum atomic E-state index is 12.9. The van der Waals surface area contributed by atoms with Gasteiger partial charge in [0.1, 0.15) is 10.8 Å². The molecule has 33 heavy (non-hydrogen) atoms. The highest BCUT2D eigenvalue weighted by molar-refractivity contribution is 7.19. The normalized spacial score (nSPS) is 10.5. The highest BCUT2D eigenvalue weighted by atomic mass is 35.5. The standard InChI is InChI=1S/C23H20Cl2N2O5S/c1-12-19(23(30)32-3)22(27-18(28)10-13-4-7-15(31-2)8-5-13)33-20(12)21(29)26-17-11-14(24)6-9-16(17)25/h4-9,11H,10H2,1-3H3,(H,26,29)(H,27,28). The van der Waals surface area contributed by atoms with Crippen molar-refractivity contribution in [2.45, 2.75) is 13.3 Å². The molecule has 2 N–H and O–H groups in total. The molecule has 0 aliphatic carbocycles. The van der Waals surface area contributed by atoms with E-state index in [-0.39, 0.29) is 27.8 Å². The van der Waals surface area contributed by atoms with Gasteiger partial charge >= 0.3 is 5.97 Å². The second kappa shape index (κ2) is 10.7. The third-order valence-electron chi connectivity index (χ3n) is 4.70. The first-order chi connectivity index (χ1) is 15.7. The molecule has 0 saturated heterocycles. The van der Waals surface area contributed by atoms with Crippen LogP contribution in [0.4, 0.5) is 10.7 Å². The Morgan fingerprint density at radius 3 is 2.33 bits per heavy atom. The van der Waals surface area contributed by atoms with E-state index < -0.39 is 11.9 Å². The first-order valence-corrected chi connectivity index (χ1v) is 11.2. The number of rotatable bonds is 7. The van der Waals surface area contributed by atoms with E-state index in [2.05, 4.69) is 10.6 Å². The molecule has 0 fully saturated rings. The number of hydrogen-bond acceptors (Lipinski definition) is 6. The fraction of sp³-hybridized carbons (Fsp3) is 0.174. The molecule has 7 nitrogen and oxygen atoms in total. The van der Waals surface area contributed by atoms with Gasteiger partial charge in [-0.1, -0.05) is 35.3 Å². The molecule has 172 valence electrons. The van der Waals surface area contributed by atoms with Gasteiger partial charge < -0.3 is 20.1 Å². The maximum absolute atomic E-state index is 12.9. The topological polar surface area (TPSA) is 93.7 Å². The number of thiophene rings is 1. The van der Waals surface area contributed by atoms with Crippen molar-refractivity contribution in [2.75, 3.05) is 24.9 Å². The van der Waals surface area contributed by atoms with Crippen LogP contribution in [0.15, 0.2) is 42.5 Å². The minimum atomic E-state index is -0.664. The van der Waals surface area contributed by atoms with E-state index in [4.69, 9.17) is 32.7 Å². The molecule has 3 rings (SSSR count). The summed E-state index contributed by atoms with van der Waals surface area (Å²) in [6.45, 7) is 1.61. The largest absolute Gasteiger partial charge is 0.497 e. The predicted octanol–water partition coefficient (Wildman–Crippen LogP) is 5.59. The molecule has 3 aromatic rings. The second-order valence-corrected chi connectivity index (χ2v) is 8.77. The summed E-state index contributed by atoms with van der Waals surface area (Å²) in [4.78, 5) is 38.2. The van der Waals surface area contributed by atoms with Crippen LogP contribution < -0.4 is 15.4 Å². The Morgan fingerprint density at radius 2 is 1.70 bits per heavy atom. The van der Waals surface area contributed by atoms with Gasteiger partial charge in [-0.15, -0.1) is 11.3 Å². The van der Waals surface area contributed by atoms with Crippen LogP contribution in [-0.2, 0) is 16.0 Å². The maximum Gasteiger partial charge on any atom is 0.341 e. The van der Waals surface area contributed by atoms with Crippen LogP contribution in [0.5, 0.6) is 5.75 Å². The molecule has 0 aliphatic heterocycles. The van der Waals surface area contributed by atoms with E-state index in [1.54, 1.807) is 50.4 Å². The lowest BCUT2D eigenvalue weighted by Gasteiger charge is -2.07. The zero-order chi connectivity index (χ0) is 24.1. The van der Waals surface area contributed by atoms with E-state index in [9.17, 15) is 14.4 Å². The number of carbonyl (C=O) groups excluding carboxylic acids is 3. The highest BCUT2D eigenvalue weighted by Gasteiger charge is 2.26. The zero-order valence-electron chi connectivity index (χ0n) is 18.0. The van der Waals surface area contributed by atoms with E-state index in [0.717, 1.165) is 16.9 Å². The summed E-state index contributed by atoms with van der Waals surface area (Å²) in [7, 11) is 2.79. The molecule has 0 aliphatic rings. The smallest absolute Gasteiger partial charge is 0.341 e. The van der Waals surface area contributed by atoms with Crippen LogP contribution in [0.3, 0.4) is 0 Å². The number of anilines is 2. The van der Waals surface area contributed by atoms with Crippen LogP contribution in [0.2, 0.25) is 10.0 Å². The number of methoxy groups -OCH3 is 2. The Hall–Kier alpha value is -3.07. The van der Waals surface area contributed by atoms with Gasteiger partial charge in [0.2, 0.25) is 5.91 Å². The van der Waals surface area contributed by atoms with Crippen molar-refractivity contribution < 1.29 is 23.9 Å². The van der Waals surface area contributed by atoms with Crippen molar-refractivity contribution >= 4 is 63.0 Å². The third kappa shape index (κ3) is 5.84. The van der Waals surface area contributed by atoms with Crippen LogP contribution >= 0.6 is 34.5 Å². The van der Waals surface area contributed by atoms with Gasteiger partial charge in [-0.2, -0.15) is 0 Å². The summed E-state index contributed by atoms with van der Waals surface area (Å²) in [6.07, 6.45) is 0.0706. The van der Waals surface area contributed by atoms with Gasteiger partial charge in [0.05, 0.1) is 41.8 Å². The fourth-order valence-electron chi connectivity index (χ4n) is 3.04. The van der Waals surface area contributed by atoms with Crippen molar-refractivity contribution in [3.05, 3.63) is 74.1 Å². The van der Waals surface area contributed by atoms with Crippen LogP contribution in [0, 0.1) is 6.92 Å². The lowest BCUT2D eigenvalue weighted by atomic mass is 10.1. The average molecular weight is 507 g/mol. The molecule has 0 radical (unpaired) electrons. The van der Waals surface area contributed by atoms with Gasteiger partial charge in [-0.3, -0.25) is 9.59 Å². The molecule has 0 bridgehead atoms. The molecule has 0 atom stereocenters. The van der Waals surface area contributed by atoms with Crippen molar-refractivity contribution in [3.63, 3.8) is 0 Å². The number of esters is 1. The Labute approximate surface area is 204 Å². The SMILES string of the molecule is COC(=O)c1c(NC(=O)Cc2ccc(OC)cc2)sc(C(=O)Nc2cc(Cl)ccc2Cl)c1C. The van der Waals surface area contributed by atoms with Crippen molar-refractivity contribution in [1.29, 1.82) is 0 Å². The van der Waals surface area contributed by atoms with Crippen molar-refractivity contribution in [1.82, 2.24) is 0 Å². The van der Waals surface area contributed by atoms with E-state index in [1.165, 1.54) is 13.2 Å². The third-order valence-corrected chi connectivity index (χ3v) is 6.47. The average Bonchev–Trinajstić information content (AvgIpc) is 3.11. The summed E-state index contributed by atoms with van der Waals surface area (Å²) in [5, 5.41) is 6.34. The Balaban J connectivity index is 1.85. The molecule has 10 heteroatoms. The second-order valence-electron chi connectivity index (χ2n) is 6.90. The van der Waals surface area contributed by atoms with Gasteiger partial charge in [0.15, 0.2) is 0 Å². The number of carbonyl (C=O) groups is 3. The summed E-state index contributed by atoms with van der Waals surface area (Å²) in [5.41, 5.74) is 1.58. The minimum absolute atomic E-state index is 0.0706. The number of halogens is 2. The van der Waals surface area contributed by atoms with Crippen LogP contribution in [0.25, 0.3) is 0 Å². The molecule has 0 unspecified atom stereocenters. The van der Waals surface area contributed by atoms with Crippen LogP contribution in [-0.4, -0.2) is 32.0 Å². The molecule has 0 saturated carbocycles. The molecule has 2 amide bonds. The lowest BCUT2D eigenvalue weighted by Crippen LogP contribution is -2.16. The zero-order valence-corrected chi connectivity index (χ0v) is 20.3. The number of benzene rings is 2. The molecular weight excluding hydrogens is 487 g/mol. The lowest BCUT2D eigenvalue weighted by molar-refractivity contribution is -0.115. The first kappa shape index (κ1) is 24.6. The number of amides is 2. The Morgan fingerprint density at radius 1 is 1.00 bits per heavy atom. The number of ether oxygens (including phenoxy) is 2. The van der Waals surface area contributed by atoms with Gasteiger partial charge in [0, 0.05) is 5.02 Å². The predicted molar refractivity (Wildman–Crippen MR) is 130 cm³/mol. The minimum Gasteiger partial charge on any atom is -0.497 e. The number of nitrogens with one attached hydrogen (secondary N) is 2. The Bertz CT molecular complexity index is 1210. The Kier molecular flexibility index (Phi) is 7.97.